The number of halogens is 3. The highest BCUT2D eigenvalue weighted by Crippen LogP contribution is 2.38. The van der Waals surface area contributed by atoms with Crippen molar-refractivity contribution in [2.75, 3.05) is 0 Å². The molecule has 0 saturated carbocycles. The van der Waals surface area contributed by atoms with Crippen molar-refractivity contribution in [1.82, 2.24) is 0 Å². The Bertz CT molecular complexity index is 312. The maximum Gasteiger partial charge on any atom is 0.421 e. The van der Waals surface area contributed by atoms with E-state index in [1.807, 2.05) is 0 Å². The summed E-state index contributed by atoms with van der Waals surface area (Å²) in [4.78, 5) is 0. The van der Waals surface area contributed by atoms with Crippen LogP contribution < -0.4 is 0 Å². The molecule has 1 N–H and O–H groups in total. The first-order valence-electron chi connectivity index (χ1n) is 4.11. The number of alkyl halides is 3. The molecule has 0 aliphatic carbocycles. The summed E-state index contributed by atoms with van der Waals surface area (Å²) in [6.07, 6.45) is -4.65. The highest BCUT2D eigenvalue weighted by Gasteiger charge is 2.50. The quantitative estimate of drug-likeness (QED) is 0.769. The van der Waals surface area contributed by atoms with Crippen molar-refractivity contribution < 1.29 is 18.3 Å². The van der Waals surface area contributed by atoms with E-state index in [9.17, 15) is 18.3 Å². The summed E-state index contributed by atoms with van der Waals surface area (Å²) in [5.41, 5.74) is -2.07. The molecule has 1 atom stereocenters. The molecule has 0 aromatic heterocycles. The van der Waals surface area contributed by atoms with Gasteiger partial charge in [-0.25, -0.2) is 0 Å². The molecule has 1 aromatic rings. The Kier molecular flexibility index (Phi) is 3.94. The number of aryl methyl sites for hydroxylation is 1. The average Bonchev–Trinajstić information content (AvgIpc) is 2.03. The number of aliphatic hydroxyl groups is 1. The van der Waals surface area contributed by atoms with Gasteiger partial charge < -0.3 is 5.11 Å². The summed E-state index contributed by atoms with van der Waals surface area (Å²) >= 11 is 0. The minimum absolute atomic E-state index is 0. The van der Waals surface area contributed by atoms with Crippen LogP contribution in [-0.2, 0) is 5.60 Å². The zero-order valence-electron chi connectivity index (χ0n) is 7.89. The normalized spacial score (nSPS) is 15.3. The van der Waals surface area contributed by atoms with Crippen LogP contribution in [0.4, 0.5) is 13.2 Å². The van der Waals surface area contributed by atoms with E-state index in [-0.39, 0.29) is 13.0 Å². The number of hydrogen-bond donors (Lipinski definition) is 1. The molecule has 15 heavy (non-hydrogen) atoms. The molecular formula is C11H15F3O. The molecule has 0 spiro atoms. The zero-order chi connectivity index (χ0) is 11.0. The van der Waals surface area contributed by atoms with Crippen molar-refractivity contribution in [2.45, 2.75) is 33.1 Å². The molecule has 1 nitrogen and oxygen atoms in total. The molecule has 4 heteroatoms. The van der Waals surface area contributed by atoms with Crippen molar-refractivity contribution in [3.05, 3.63) is 35.4 Å². The van der Waals surface area contributed by atoms with Crippen molar-refractivity contribution in [1.29, 1.82) is 0 Å². The Morgan fingerprint density at radius 1 is 1.07 bits per heavy atom. The third kappa shape index (κ3) is 2.72. The lowest BCUT2D eigenvalue weighted by molar-refractivity contribution is -0.258. The van der Waals surface area contributed by atoms with E-state index in [0.717, 1.165) is 12.5 Å². The number of hydrogen-bond acceptors (Lipinski definition) is 1. The lowest BCUT2D eigenvalue weighted by atomic mass is 9.95. The van der Waals surface area contributed by atoms with Gasteiger partial charge in [-0.3, -0.25) is 0 Å². The monoisotopic (exact) mass is 220 g/mol. The molecule has 0 aliphatic rings. The first-order valence-corrected chi connectivity index (χ1v) is 4.11. The van der Waals surface area contributed by atoms with Crippen molar-refractivity contribution >= 4 is 0 Å². The van der Waals surface area contributed by atoms with Crippen LogP contribution in [0.5, 0.6) is 0 Å². The van der Waals surface area contributed by atoms with Gasteiger partial charge in [-0.1, -0.05) is 37.3 Å². The Labute approximate surface area is 87.6 Å². The van der Waals surface area contributed by atoms with Gasteiger partial charge in [-0.15, -0.1) is 0 Å². The van der Waals surface area contributed by atoms with Gasteiger partial charge in [-0.2, -0.15) is 13.2 Å². The Balaban J connectivity index is 0.00000196. The molecule has 0 saturated heterocycles. The van der Waals surface area contributed by atoms with E-state index in [2.05, 4.69) is 0 Å². The maximum absolute atomic E-state index is 12.4. The van der Waals surface area contributed by atoms with Crippen molar-refractivity contribution in [3.63, 3.8) is 0 Å². The van der Waals surface area contributed by atoms with Crippen LogP contribution in [0.15, 0.2) is 24.3 Å². The van der Waals surface area contributed by atoms with Crippen LogP contribution in [0.3, 0.4) is 0 Å². The average molecular weight is 220 g/mol. The van der Waals surface area contributed by atoms with Crippen LogP contribution in [0, 0.1) is 6.92 Å². The molecule has 0 heterocycles. The number of benzene rings is 1. The zero-order valence-corrected chi connectivity index (χ0v) is 7.89. The van der Waals surface area contributed by atoms with Gasteiger partial charge in [0.2, 0.25) is 0 Å². The second kappa shape index (κ2) is 4.23. The summed E-state index contributed by atoms with van der Waals surface area (Å²) in [6, 6.07) is 5.64. The summed E-state index contributed by atoms with van der Waals surface area (Å²) in [5.74, 6) is 0. The molecule has 0 aliphatic heterocycles. The lowest BCUT2D eigenvalue weighted by Gasteiger charge is -2.26. The second-order valence-electron chi connectivity index (χ2n) is 3.44. The maximum atomic E-state index is 12.4. The first-order chi connectivity index (χ1) is 6.25. The summed E-state index contributed by atoms with van der Waals surface area (Å²) in [5, 5.41) is 9.29. The molecule has 0 radical (unpaired) electrons. The smallest absolute Gasteiger partial charge is 0.376 e. The Morgan fingerprint density at radius 2 is 1.47 bits per heavy atom. The fourth-order valence-electron chi connectivity index (χ4n) is 1.04. The van der Waals surface area contributed by atoms with E-state index in [1.165, 1.54) is 24.3 Å². The van der Waals surface area contributed by atoms with E-state index in [0.29, 0.717) is 0 Å². The third-order valence-electron chi connectivity index (χ3n) is 2.17. The molecule has 1 unspecified atom stereocenters. The van der Waals surface area contributed by atoms with E-state index < -0.39 is 11.8 Å². The third-order valence-corrected chi connectivity index (χ3v) is 2.17. The fourth-order valence-corrected chi connectivity index (χ4v) is 1.04. The summed E-state index contributed by atoms with van der Waals surface area (Å²) in [7, 11) is 0. The van der Waals surface area contributed by atoms with Gasteiger partial charge in [0.25, 0.3) is 0 Å². The lowest BCUT2D eigenvalue weighted by Crippen LogP contribution is -2.39. The highest BCUT2D eigenvalue weighted by molar-refractivity contribution is 5.27. The summed E-state index contributed by atoms with van der Waals surface area (Å²) < 4.78 is 37.1. The summed E-state index contributed by atoms with van der Waals surface area (Å²) in [6.45, 7) is 2.52. The van der Waals surface area contributed by atoms with Crippen LogP contribution in [-0.4, -0.2) is 11.3 Å². The van der Waals surface area contributed by atoms with Gasteiger partial charge in [0.05, 0.1) is 0 Å². The van der Waals surface area contributed by atoms with E-state index >= 15 is 0 Å². The van der Waals surface area contributed by atoms with Gasteiger partial charge >= 0.3 is 6.18 Å². The van der Waals surface area contributed by atoms with Crippen LogP contribution in [0.2, 0.25) is 0 Å². The predicted molar refractivity (Wildman–Crippen MR) is 53.5 cm³/mol. The Hall–Kier alpha value is -1.03. The Morgan fingerprint density at radius 3 is 1.80 bits per heavy atom. The van der Waals surface area contributed by atoms with Gasteiger partial charge in [0.1, 0.15) is 0 Å². The molecule has 0 bridgehead atoms. The highest BCUT2D eigenvalue weighted by atomic mass is 19.4. The topological polar surface area (TPSA) is 20.2 Å². The molecule has 1 aromatic carbocycles. The fraction of sp³-hybridized carbons (Fsp3) is 0.455. The van der Waals surface area contributed by atoms with E-state index in [1.54, 1.807) is 6.92 Å². The SMILES string of the molecule is C.Cc1ccc(C(C)(O)C(F)(F)F)cc1. The second-order valence-corrected chi connectivity index (χ2v) is 3.44. The largest absolute Gasteiger partial charge is 0.421 e. The number of rotatable bonds is 1. The van der Waals surface area contributed by atoms with Crippen molar-refractivity contribution in [3.8, 4) is 0 Å². The molecule has 0 amide bonds. The van der Waals surface area contributed by atoms with Gasteiger partial charge in [0.15, 0.2) is 5.60 Å². The van der Waals surface area contributed by atoms with Crippen LogP contribution in [0.1, 0.15) is 25.5 Å². The molecule has 86 valence electrons. The molecule has 1 rings (SSSR count). The van der Waals surface area contributed by atoms with Crippen LogP contribution >= 0.6 is 0 Å². The standard InChI is InChI=1S/C10H11F3O.CH4/c1-7-3-5-8(6-4-7)9(2,14)10(11,12)13;/h3-6,14H,1-2H3;1H4. The van der Waals surface area contributed by atoms with E-state index in [4.69, 9.17) is 0 Å². The minimum atomic E-state index is -4.65. The molecular weight excluding hydrogens is 205 g/mol. The predicted octanol–water partition coefficient (Wildman–Crippen LogP) is 3.40. The van der Waals surface area contributed by atoms with Gasteiger partial charge in [0, 0.05) is 0 Å². The van der Waals surface area contributed by atoms with Crippen LogP contribution in [0.25, 0.3) is 0 Å². The van der Waals surface area contributed by atoms with Crippen molar-refractivity contribution in [2.24, 2.45) is 0 Å². The molecule has 0 fully saturated rings. The first kappa shape index (κ1) is 14.0. The van der Waals surface area contributed by atoms with Gasteiger partial charge in [-0.05, 0) is 19.4 Å². The minimum Gasteiger partial charge on any atom is -0.376 e.